The van der Waals surface area contributed by atoms with Crippen LogP contribution in [0, 0.1) is 26.6 Å². The van der Waals surface area contributed by atoms with E-state index in [-0.39, 0.29) is 11.7 Å². The van der Waals surface area contributed by atoms with E-state index in [1.807, 2.05) is 0 Å². The molecule has 0 bridgehead atoms. The lowest BCUT2D eigenvalue weighted by Crippen LogP contribution is -3.15. The summed E-state index contributed by atoms with van der Waals surface area (Å²) in [5, 5.41) is 2.84. The van der Waals surface area contributed by atoms with Gasteiger partial charge in [0.15, 0.2) is 6.54 Å². The minimum Gasteiger partial charge on any atom is -0.360 e. The fourth-order valence-corrected chi connectivity index (χ4v) is 3.86. The molecule has 0 atom stereocenters. The molecule has 0 radical (unpaired) electrons. The van der Waals surface area contributed by atoms with Crippen molar-refractivity contribution in [1.29, 1.82) is 0 Å². The molecular weight excluding hydrogens is 329 g/mol. The van der Waals surface area contributed by atoms with Gasteiger partial charge in [-0.2, -0.15) is 0 Å². The molecule has 138 valence electrons. The third-order valence-electron chi connectivity index (χ3n) is 4.96. The predicted molar refractivity (Wildman–Crippen MR) is 103 cm³/mol. The molecule has 1 heterocycles. The van der Waals surface area contributed by atoms with Crippen molar-refractivity contribution in [2.45, 2.75) is 20.8 Å². The minimum atomic E-state index is -0.300. The second kappa shape index (κ2) is 7.87. The molecule has 5 heteroatoms. The highest BCUT2D eigenvalue weighted by molar-refractivity contribution is 5.91. The molecule has 4 nitrogen and oxygen atoms in total. The van der Waals surface area contributed by atoms with Gasteiger partial charge in [-0.3, -0.25) is 4.79 Å². The number of rotatable bonds is 4. The van der Waals surface area contributed by atoms with Crippen molar-refractivity contribution in [2.75, 3.05) is 42.9 Å². The molecule has 0 saturated carbocycles. The highest BCUT2D eigenvalue weighted by atomic mass is 19.1. The van der Waals surface area contributed by atoms with Crippen LogP contribution in [0.4, 0.5) is 15.8 Å². The first-order chi connectivity index (χ1) is 12.4. The van der Waals surface area contributed by atoms with Gasteiger partial charge in [0, 0.05) is 11.4 Å². The summed E-state index contributed by atoms with van der Waals surface area (Å²) in [6.45, 7) is 10.7. The molecule has 2 aromatic rings. The molecule has 1 aliphatic heterocycles. The van der Waals surface area contributed by atoms with Crippen molar-refractivity contribution in [2.24, 2.45) is 0 Å². The lowest BCUT2D eigenvalue weighted by atomic mass is 10.0. The normalized spacial score (nSPS) is 15.2. The molecule has 1 aliphatic rings. The van der Waals surface area contributed by atoms with Crippen LogP contribution in [0.5, 0.6) is 0 Å². The van der Waals surface area contributed by atoms with Gasteiger partial charge in [0.05, 0.1) is 26.2 Å². The van der Waals surface area contributed by atoms with Crippen molar-refractivity contribution in [3.05, 3.63) is 58.9 Å². The number of nitrogens with zero attached hydrogens (tertiary/aromatic N) is 1. The number of anilines is 2. The highest BCUT2D eigenvalue weighted by Crippen LogP contribution is 2.26. The molecule has 2 N–H and O–H groups in total. The molecular formula is C21H27FN3O+. The number of hydrogen-bond donors (Lipinski definition) is 2. The van der Waals surface area contributed by atoms with Gasteiger partial charge in [-0.05, 0) is 56.2 Å². The van der Waals surface area contributed by atoms with Crippen LogP contribution in [-0.4, -0.2) is 38.6 Å². The average Bonchev–Trinajstić information content (AvgIpc) is 2.57. The molecule has 0 aliphatic carbocycles. The maximum Gasteiger partial charge on any atom is 0.279 e. The van der Waals surface area contributed by atoms with Crippen molar-refractivity contribution in [1.82, 2.24) is 0 Å². The molecule has 26 heavy (non-hydrogen) atoms. The molecule has 0 spiro atoms. The van der Waals surface area contributed by atoms with Crippen LogP contribution in [0.2, 0.25) is 0 Å². The van der Waals surface area contributed by atoms with Gasteiger partial charge in [0.25, 0.3) is 5.91 Å². The lowest BCUT2D eigenvalue weighted by molar-refractivity contribution is -0.892. The minimum absolute atomic E-state index is 0.0252. The number of aryl methyl sites for hydroxylation is 3. The van der Waals surface area contributed by atoms with Gasteiger partial charge in [0.1, 0.15) is 5.82 Å². The van der Waals surface area contributed by atoms with E-state index < -0.39 is 0 Å². The van der Waals surface area contributed by atoms with Crippen LogP contribution in [0.3, 0.4) is 0 Å². The number of amides is 1. The molecule has 2 aromatic carbocycles. The van der Waals surface area contributed by atoms with Crippen molar-refractivity contribution < 1.29 is 14.1 Å². The number of carbonyl (C=O) groups is 1. The summed E-state index contributed by atoms with van der Waals surface area (Å²) in [4.78, 5) is 15.9. The SMILES string of the molecule is Cc1cc(C)c(N2CC[NH+](CC(=O)Nc3ccc(F)cc3)CC2)c(C)c1. The Hall–Kier alpha value is -2.40. The molecule has 0 unspecified atom stereocenters. The van der Waals surface area contributed by atoms with Gasteiger partial charge in [-0.1, -0.05) is 17.7 Å². The fraction of sp³-hybridized carbons (Fsp3) is 0.381. The Kier molecular flexibility index (Phi) is 5.57. The molecule has 1 saturated heterocycles. The van der Waals surface area contributed by atoms with Crippen LogP contribution < -0.4 is 15.1 Å². The van der Waals surface area contributed by atoms with Gasteiger partial charge in [-0.15, -0.1) is 0 Å². The summed E-state index contributed by atoms with van der Waals surface area (Å²) < 4.78 is 12.9. The maximum absolute atomic E-state index is 12.9. The van der Waals surface area contributed by atoms with Gasteiger partial charge in [-0.25, -0.2) is 4.39 Å². The standard InChI is InChI=1S/C21H26FN3O/c1-15-12-16(2)21(17(3)13-15)25-10-8-24(9-11-25)14-20(26)23-19-6-4-18(22)5-7-19/h4-7,12-13H,8-11,14H2,1-3H3,(H,23,26)/p+1. The van der Waals surface area contributed by atoms with E-state index >= 15 is 0 Å². The van der Waals surface area contributed by atoms with Crippen molar-refractivity contribution >= 4 is 17.3 Å². The second-order valence-corrected chi connectivity index (χ2v) is 7.22. The van der Waals surface area contributed by atoms with Crippen molar-refractivity contribution in [3.63, 3.8) is 0 Å². The summed E-state index contributed by atoms with van der Waals surface area (Å²) in [6, 6.07) is 10.4. The Morgan fingerprint density at radius 2 is 1.65 bits per heavy atom. The molecule has 0 aromatic heterocycles. The number of halogens is 1. The number of carbonyl (C=O) groups excluding carboxylic acids is 1. The quantitative estimate of drug-likeness (QED) is 0.880. The Labute approximate surface area is 154 Å². The third kappa shape index (κ3) is 4.41. The number of benzene rings is 2. The Balaban J connectivity index is 1.54. The van der Waals surface area contributed by atoms with Gasteiger partial charge in [0.2, 0.25) is 0 Å². The summed E-state index contributed by atoms with van der Waals surface area (Å²) in [6.07, 6.45) is 0. The monoisotopic (exact) mass is 356 g/mol. The average molecular weight is 356 g/mol. The number of hydrogen-bond acceptors (Lipinski definition) is 2. The van der Waals surface area contributed by atoms with Crippen molar-refractivity contribution in [3.8, 4) is 0 Å². The van der Waals surface area contributed by atoms with Crippen LogP contribution in [0.25, 0.3) is 0 Å². The third-order valence-corrected chi connectivity index (χ3v) is 4.96. The first kappa shape index (κ1) is 18.4. The molecule has 1 amide bonds. The van der Waals surface area contributed by atoms with E-state index in [1.54, 1.807) is 12.1 Å². The van der Waals surface area contributed by atoms with Gasteiger partial charge < -0.3 is 15.1 Å². The van der Waals surface area contributed by atoms with Crippen LogP contribution in [0.15, 0.2) is 36.4 Å². The summed E-state index contributed by atoms with van der Waals surface area (Å²) >= 11 is 0. The van der Waals surface area contributed by atoms with Crippen LogP contribution in [0.1, 0.15) is 16.7 Å². The zero-order valence-corrected chi connectivity index (χ0v) is 15.7. The highest BCUT2D eigenvalue weighted by Gasteiger charge is 2.24. The first-order valence-electron chi connectivity index (χ1n) is 9.14. The zero-order valence-electron chi connectivity index (χ0n) is 15.7. The molecule has 1 fully saturated rings. The number of quaternary nitrogens is 1. The number of piperazine rings is 1. The van der Waals surface area contributed by atoms with Gasteiger partial charge >= 0.3 is 0 Å². The van der Waals surface area contributed by atoms with E-state index in [1.165, 1.54) is 39.4 Å². The first-order valence-corrected chi connectivity index (χ1v) is 9.14. The van der Waals surface area contributed by atoms with E-state index in [0.29, 0.717) is 12.2 Å². The smallest absolute Gasteiger partial charge is 0.279 e. The molecule has 3 rings (SSSR count). The Morgan fingerprint density at radius 3 is 2.23 bits per heavy atom. The lowest BCUT2D eigenvalue weighted by Gasteiger charge is -2.35. The van der Waals surface area contributed by atoms with E-state index in [2.05, 4.69) is 43.1 Å². The predicted octanol–water partition coefficient (Wildman–Crippen LogP) is 2.09. The van der Waals surface area contributed by atoms with E-state index in [9.17, 15) is 9.18 Å². The summed E-state index contributed by atoms with van der Waals surface area (Å²) in [5.41, 5.74) is 5.91. The van der Waals surface area contributed by atoms with Crippen LogP contribution in [-0.2, 0) is 4.79 Å². The second-order valence-electron chi connectivity index (χ2n) is 7.22. The largest absolute Gasteiger partial charge is 0.360 e. The Morgan fingerprint density at radius 1 is 1.08 bits per heavy atom. The summed E-state index contributed by atoms with van der Waals surface area (Å²) in [7, 11) is 0. The van der Waals surface area contributed by atoms with E-state index in [0.717, 1.165) is 26.2 Å². The van der Waals surface area contributed by atoms with E-state index in [4.69, 9.17) is 0 Å². The number of nitrogens with one attached hydrogen (secondary N) is 2. The zero-order chi connectivity index (χ0) is 18.7. The summed E-state index contributed by atoms with van der Waals surface area (Å²) in [5.74, 6) is -0.325. The topological polar surface area (TPSA) is 36.8 Å². The van der Waals surface area contributed by atoms with Crippen LogP contribution >= 0.6 is 0 Å². The maximum atomic E-state index is 12.9. The fourth-order valence-electron chi connectivity index (χ4n) is 3.86. The Bertz CT molecular complexity index is 757.